The summed E-state index contributed by atoms with van der Waals surface area (Å²) in [5, 5.41) is 0. The highest BCUT2D eigenvalue weighted by Crippen LogP contribution is 2.07. The molecule has 2 heteroatoms. The third kappa shape index (κ3) is 1.50. The molecular weight excluding hydrogens is 138 g/mol. The van der Waals surface area contributed by atoms with Gasteiger partial charge in [-0.05, 0) is 25.0 Å². The zero-order chi connectivity index (χ0) is 8.27. The number of nitrogens with zero attached hydrogens (tertiary/aromatic N) is 1. The molecule has 0 unspecified atom stereocenters. The van der Waals surface area contributed by atoms with E-state index in [9.17, 15) is 4.79 Å². The molecule has 0 saturated carbocycles. The largest absolute Gasteiger partial charge is 0.345 e. The molecule has 1 aromatic rings. The molecule has 60 valence electrons. The van der Waals surface area contributed by atoms with Crippen LogP contribution in [0.4, 0.5) is 0 Å². The monoisotopic (exact) mass is 151 g/mol. The van der Waals surface area contributed by atoms with Gasteiger partial charge in [0, 0.05) is 12.7 Å². The summed E-state index contributed by atoms with van der Waals surface area (Å²) < 4.78 is 1.99. The van der Waals surface area contributed by atoms with Crippen LogP contribution in [-0.4, -0.2) is 10.9 Å². The van der Waals surface area contributed by atoms with Gasteiger partial charge < -0.3 is 4.57 Å². The van der Waals surface area contributed by atoms with E-state index in [1.54, 1.807) is 0 Å². The van der Waals surface area contributed by atoms with Crippen LogP contribution in [0.25, 0.3) is 0 Å². The van der Waals surface area contributed by atoms with Crippen LogP contribution in [0.1, 0.15) is 29.4 Å². The van der Waals surface area contributed by atoms with E-state index < -0.39 is 0 Å². The summed E-state index contributed by atoms with van der Waals surface area (Å²) in [5.74, 6) is 0. The Morgan fingerprint density at radius 3 is 2.91 bits per heavy atom. The summed E-state index contributed by atoms with van der Waals surface area (Å²) in [6.45, 7) is 4.99. The van der Waals surface area contributed by atoms with Gasteiger partial charge in [0.1, 0.15) is 0 Å². The molecule has 0 aliphatic heterocycles. The first kappa shape index (κ1) is 8.05. The number of hydrogen-bond acceptors (Lipinski definition) is 1. The van der Waals surface area contributed by atoms with Crippen molar-refractivity contribution in [1.29, 1.82) is 0 Å². The number of aryl methyl sites for hydroxylation is 2. The number of aromatic nitrogens is 1. The van der Waals surface area contributed by atoms with Gasteiger partial charge in [-0.15, -0.1) is 0 Å². The Bertz CT molecular complexity index is 250. The third-order valence-electron chi connectivity index (χ3n) is 1.79. The van der Waals surface area contributed by atoms with Crippen LogP contribution in [0.5, 0.6) is 0 Å². The molecule has 0 aliphatic rings. The SMILES string of the molecule is CCCn1ccc(C)c1C=O. The number of carbonyl (C=O) groups is 1. The molecule has 1 aromatic heterocycles. The standard InChI is InChI=1S/C9H13NO/c1-3-5-10-6-4-8(2)9(10)7-11/h4,6-7H,3,5H2,1-2H3. The van der Waals surface area contributed by atoms with Gasteiger partial charge >= 0.3 is 0 Å². The van der Waals surface area contributed by atoms with Crippen molar-refractivity contribution in [1.82, 2.24) is 4.57 Å². The van der Waals surface area contributed by atoms with Gasteiger partial charge in [0.2, 0.25) is 0 Å². The molecule has 0 bridgehead atoms. The number of carbonyl (C=O) groups excluding carboxylic acids is 1. The van der Waals surface area contributed by atoms with Gasteiger partial charge in [-0.1, -0.05) is 6.92 Å². The van der Waals surface area contributed by atoms with Crippen LogP contribution >= 0.6 is 0 Å². The highest BCUT2D eigenvalue weighted by atomic mass is 16.1. The van der Waals surface area contributed by atoms with Gasteiger partial charge in [-0.3, -0.25) is 4.79 Å². The molecule has 0 fully saturated rings. The minimum absolute atomic E-state index is 0.812. The molecule has 0 N–H and O–H groups in total. The second-order valence-corrected chi connectivity index (χ2v) is 2.70. The van der Waals surface area contributed by atoms with Crippen LogP contribution in [-0.2, 0) is 6.54 Å². The first-order chi connectivity index (χ1) is 5.29. The lowest BCUT2D eigenvalue weighted by atomic mass is 10.3. The van der Waals surface area contributed by atoms with Crippen LogP contribution in [0.15, 0.2) is 12.3 Å². The van der Waals surface area contributed by atoms with Crippen molar-refractivity contribution in [3.63, 3.8) is 0 Å². The Kier molecular flexibility index (Phi) is 2.47. The minimum Gasteiger partial charge on any atom is -0.345 e. The third-order valence-corrected chi connectivity index (χ3v) is 1.79. The average molecular weight is 151 g/mol. The van der Waals surface area contributed by atoms with Crippen LogP contribution < -0.4 is 0 Å². The lowest BCUT2D eigenvalue weighted by Crippen LogP contribution is -2.00. The summed E-state index contributed by atoms with van der Waals surface area (Å²) in [5.41, 5.74) is 1.88. The van der Waals surface area contributed by atoms with Crippen molar-refractivity contribution in [3.05, 3.63) is 23.5 Å². The topological polar surface area (TPSA) is 22.0 Å². The quantitative estimate of drug-likeness (QED) is 0.606. The van der Waals surface area contributed by atoms with Crippen LogP contribution in [0.3, 0.4) is 0 Å². The lowest BCUT2D eigenvalue weighted by molar-refractivity contribution is 0.111. The van der Waals surface area contributed by atoms with E-state index in [4.69, 9.17) is 0 Å². The predicted octanol–water partition coefficient (Wildman–Crippen LogP) is 2.02. The van der Waals surface area contributed by atoms with Crippen molar-refractivity contribution in [2.75, 3.05) is 0 Å². The fourth-order valence-corrected chi connectivity index (χ4v) is 1.19. The number of rotatable bonds is 3. The van der Waals surface area contributed by atoms with E-state index in [-0.39, 0.29) is 0 Å². The molecule has 0 atom stereocenters. The van der Waals surface area contributed by atoms with E-state index in [2.05, 4.69) is 6.92 Å². The van der Waals surface area contributed by atoms with E-state index in [1.165, 1.54) is 0 Å². The second kappa shape index (κ2) is 3.37. The lowest BCUT2D eigenvalue weighted by Gasteiger charge is -2.01. The second-order valence-electron chi connectivity index (χ2n) is 2.70. The molecule has 0 amide bonds. The highest BCUT2D eigenvalue weighted by Gasteiger charge is 2.01. The van der Waals surface area contributed by atoms with Gasteiger partial charge in [-0.25, -0.2) is 0 Å². The highest BCUT2D eigenvalue weighted by molar-refractivity contribution is 5.74. The van der Waals surface area contributed by atoms with Gasteiger partial charge in [0.25, 0.3) is 0 Å². The van der Waals surface area contributed by atoms with Crippen molar-refractivity contribution >= 4 is 6.29 Å². The Balaban J connectivity index is 2.95. The van der Waals surface area contributed by atoms with E-state index >= 15 is 0 Å². The minimum atomic E-state index is 0.812. The zero-order valence-electron chi connectivity index (χ0n) is 7.00. The zero-order valence-corrected chi connectivity index (χ0v) is 7.00. The molecule has 11 heavy (non-hydrogen) atoms. The fraction of sp³-hybridized carbons (Fsp3) is 0.444. The number of hydrogen-bond donors (Lipinski definition) is 0. The first-order valence-corrected chi connectivity index (χ1v) is 3.90. The summed E-state index contributed by atoms with van der Waals surface area (Å²) in [6, 6.07) is 1.97. The summed E-state index contributed by atoms with van der Waals surface area (Å²) in [6.07, 6.45) is 3.95. The van der Waals surface area contributed by atoms with Gasteiger partial charge in [-0.2, -0.15) is 0 Å². The Morgan fingerprint density at radius 1 is 1.64 bits per heavy atom. The van der Waals surface area contributed by atoms with Crippen molar-refractivity contribution < 1.29 is 4.79 Å². The summed E-state index contributed by atoms with van der Waals surface area (Å²) >= 11 is 0. The fourth-order valence-electron chi connectivity index (χ4n) is 1.19. The molecule has 0 saturated heterocycles. The molecule has 0 spiro atoms. The molecular formula is C9H13NO. The van der Waals surface area contributed by atoms with Crippen LogP contribution in [0, 0.1) is 6.92 Å². The van der Waals surface area contributed by atoms with Crippen molar-refractivity contribution in [3.8, 4) is 0 Å². The average Bonchev–Trinajstić information content (AvgIpc) is 2.33. The van der Waals surface area contributed by atoms with E-state index in [0.717, 1.165) is 30.5 Å². The van der Waals surface area contributed by atoms with Gasteiger partial charge in [0.15, 0.2) is 6.29 Å². The molecule has 0 aliphatic carbocycles. The normalized spacial score (nSPS) is 10.0. The van der Waals surface area contributed by atoms with Crippen molar-refractivity contribution in [2.24, 2.45) is 0 Å². The number of aldehydes is 1. The molecule has 0 aromatic carbocycles. The Labute approximate surface area is 66.8 Å². The maximum Gasteiger partial charge on any atom is 0.166 e. The van der Waals surface area contributed by atoms with Gasteiger partial charge in [0.05, 0.1) is 5.69 Å². The smallest absolute Gasteiger partial charge is 0.166 e. The first-order valence-electron chi connectivity index (χ1n) is 3.90. The van der Waals surface area contributed by atoms with E-state index in [1.807, 2.05) is 23.8 Å². The molecule has 2 nitrogen and oxygen atoms in total. The molecule has 0 radical (unpaired) electrons. The van der Waals surface area contributed by atoms with E-state index in [0.29, 0.717) is 0 Å². The predicted molar refractivity (Wildman–Crippen MR) is 44.8 cm³/mol. The maximum atomic E-state index is 10.6. The molecule has 1 heterocycles. The summed E-state index contributed by atoms with van der Waals surface area (Å²) in [4.78, 5) is 10.6. The van der Waals surface area contributed by atoms with Crippen molar-refractivity contribution in [2.45, 2.75) is 26.8 Å². The van der Waals surface area contributed by atoms with Crippen LogP contribution in [0.2, 0.25) is 0 Å². The Morgan fingerprint density at radius 2 is 2.36 bits per heavy atom. The summed E-state index contributed by atoms with van der Waals surface area (Å²) in [7, 11) is 0. The Hall–Kier alpha value is -1.05. The maximum absolute atomic E-state index is 10.6. The molecule has 1 rings (SSSR count).